The van der Waals surface area contributed by atoms with Crippen LogP contribution < -0.4 is 5.32 Å². The first-order chi connectivity index (χ1) is 9.45. The van der Waals surface area contributed by atoms with Gasteiger partial charge in [0.25, 0.3) is 0 Å². The van der Waals surface area contributed by atoms with Crippen molar-refractivity contribution in [3.63, 3.8) is 0 Å². The molecular weight excluding hydrogens is 263 g/mol. The summed E-state index contributed by atoms with van der Waals surface area (Å²) in [5.74, 6) is 0. The van der Waals surface area contributed by atoms with Crippen LogP contribution >= 0.6 is 0 Å². The lowest BCUT2D eigenvalue weighted by Gasteiger charge is -2.23. The van der Waals surface area contributed by atoms with Crippen LogP contribution in [-0.2, 0) is 0 Å². The summed E-state index contributed by atoms with van der Waals surface area (Å²) in [5, 5.41) is 4.15. The van der Waals surface area contributed by atoms with Gasteiger partial charge in [-0.15, -0.1) is 0 Å². The molecule has 1 N–H and O–H groups in total. The fourth-order valence-electron chi connectivity index (χ4n) is 2.42. The smallest absolute Gasteiger partial charge is 0.302 e. The van der Waals surface area contributed by atoms with E-state index in [4.69, 9.17) is 0 Å². The summed E-state index contributed by atoms with van der Waals surface area (Å²) in [6.45, 7) is 4.11. The van der Waals surface area contributed by atoms with E-state index in [0.29, 0.717) is 23.9 Å². The normalized spacial score (nSPS) is 13.7. The average Bonchev–Trinajstić information content (AvgIpc) is 2.40. The molecule has 0 saturated heterocycles. The second-order valence-electron chi connectivity index (χ2n) is 4.95. The Bertz CT molecular complexity index is 590. The lowest BCUT2D eigenvalue weighted by molar-refractivity contribution is -0.157. The van der Waals surface area contributed by atoms with Gasteiger partial charge in [0, 0.05) is 0 Å². The average molecular weight is 281 g/mol. The third kappa shape index (κ3) is 2.96. The number of halogens is 3. The summed E-state index contributed by atoms with van der Waals surface area (Å²) >= 11 is 0. The summed E-state index contributed by atoms with van der Waals surface area (Å²) in [5.41, 5.74) is 1.29. The molecule has 1 nitrogen and oxygen atoms in total. The molecule has 2 rings (SSSR count). The van der Waals surface area contributed by atoms with Gasteiger partial charge in [0.2, 0.25) is 0 Å². The van der Waals surface area contributed by atoms with Gasteiger partial charge in [0.05, 0.1) is 0 Å². The maximum absolute atomic E-state index is 13.3. The summed E-state index contributed by atoms with van der Waals surface area (Å²) in [6.07, 6.45) is -3.64. The van der Waals surface area contributed by atoms with Gasteiger partial charge in [-0.1, -0.05) is 43.3 Å². The van der Waals surface area contributed by atoms with E-state index < -0.39 is 12.2 Å². The number of fused-ring (bicyclic) bond motifs is 1. The molecule has 0 amide bonds. The van der Waals surface area contributed by atoms with Gasteiger partial charge in [-0.3, -0.25) is 0 Å². The number of rotatable bonds is 4. The zero-order chi connectivity index (χ0) is 14.8. The van der Waals surface area contributed by atoms with Gasteiger partial charge >= 0.3 is 6.18 Å². The standard InChI is InChI=1S/C16H18F3N/c1-3-10-20-15(16(17,18)19)14-9-8-11(2)12-6-4-5-7-13(12)14/h4-9,15,20H,3,10H2,1-2H3. The first kappa shape index (κ1) is 14.9. The van der Waals surface area contributed by atoms with Crippen LogP contribution in [0.25, 0.3) is 10.8 Å². The molecule has 1 atom stereocenters. The Kier molecular flexibility index (Phi) is 4.33. The Balaban J connectivity index is 2.56. The molecule has 0 aromatic heterocycles. The molecule has 20 heavy (non-hydrogen) atoms. The highest BCUT2D eigenvalue weighted by molar-refractivity contribution is 5.89. The third-order valence-electron chi connectivity index (χ3n) is 3.41. The van der Waals surface area contributed by atoms with E-state index in [9.17, 15) is 13.2 Å². The molecule has 0 heterocycles. The number of benzene rings is 2. The van der Waals surface area contributed by atoms with Crippen molar-refractivity contribution >= 4 is 10.8 Å². The van der Waals surface area contributed by atoms with Crippen LogP contribution in [0.5, 0.6) is 0 Å². The lowest BCUT2D eigenvalue weighted by Crippen LogP contribution is -2.34. The van der Waals surface area contributed by atoms with Gasteiger partial charge in [-0.25, -0.2) is 0 Å². The SMILES string of the molecule is CCCNC(c1ccc(C)c2ccccc12)C(F)(F)F. The second kappa shape index (κ2) is 5.83. The van der Waals surface area contributed by atoms with Crippen LogP contribution in [0.1, 0.15) is 30.5 Å². The van der Waals surface area contributed by atoms with Gasteiger partial charge in [0.15, 0.2) is 0 Å². The predicted molar refractivity (Wildman–Crippen MR) is 75.8 cm³/mol. The molecule has 2 aromatic carbocycles. The van der Waals surface area contributed by atoms with Crippen LogP contribution in [-0.4, -0.2) is 12.7 Å². The Morgan fingerprint density at radius 3 is 2.30 bits per heavy atom. The third-order valence-corrected chi connectivity index (χ3v) is 3.41. The van der Waals surface area contributed by atoms with Gasteiger partial charge < -0.3 is 5.32 Å². The van der Waals surface area contributed by atoms with Crippen molar-refractivity contribution in [2.45, 2.75) is 32.5 Å². The topological polar surface area (TPSA) is 12.0 Å². The zero-order valence-electron chi connectivity index (χ0n) is 11.6. The number of nitrogens with one attached hydrogen (secondary N) is 1. The number of aryl methyl sites for hydroxylation is 1. The van der Waals surface area contributed by atoms with E-state index in [1.165, 1.54) is 0 Å². The fourth-order valence-corrected chi connectivity index (χ4v) is 2.42. The van der Waals surface area contributed by atoms with Crippen molar-refractivity contribution in [2.24, 2.45) is 0 Å². The molecule has 1 unspecified atom stereocenters. The van der Waals surface area contributed by atoms with E-state index in [0.717, 1.165) is 10.9 Å². The molecule has 4 heteroatoms. The molecule has 0 aliphatic carbocycles. The Morgan fingerprint density at radius 1 is 1.05 bits per heavy atom. The van der Waals surface area contributed by atoms with Crippen molar-refractivity contribution in [2.75, 3.05) is 6.54 Å². The van der Waals surface area contributed by atoms with Crippen molar-refractivity contribution < 1.29 is 13.2 Å². The molecule has 2 aromatic rings. The largest absolute Gasteiger partial charge is 0.407 e. The van der Waals surface area contributed by atoms with Gasteiger partial charge in [-0.2, -0.15) is 13.2 Å². The van der Waals surface area contributed by atoms with Crippen LogP contribution in [0.15, 0.2) is 36.4 Å². The molecule has 0 bridgehead atoms. The molecule has 0 saturated carbocycles. The van der Waals surface area contributed by atoms with E-state index in [-0.39, 0.29) is 0 Å². The maximum atomic E-state index is 13.3. The van der Waals surface area contributed by atoms with Crippen LogP contribution in [0.4, 0.5) is 13.2 Å². The van der Waals surface area contributed by atoms with E-state index in [1.807, 2.05) is 26.0 Å². The number of hydrogen-bond donors (Lipinski definition) is 1. The van der Waals surface area contributed by atoms with Crippen LogP contribution in [0.2, 0.25) is 0 Å². The maximum Gasteiger partial charge on any atom is 0.407 e. The first-order valence-electron chi connectivity index (χ1n) is 6.73. The summed E-state index contributed by atoms with van der Waals surface area (Å²) in [6, 6.07) is 8.96. The molecule has 0 fully saturated rings. The van der Waals surface area contributed by atoms with Crippen LogP contribution in [0.3, 0.4) is 0 Å². The molecule has 0 spiro atoms. The highest BCUT2D eigenvalue weighted by Gasteiger charge is 2.41. The minimum absolute atomic E-state index is 0.298. The quantitative estimate of drug-likeness (QED) is 0.852. The van der Waals surface area contributed by atoms with Gasteiger partial charge in [-0.05, 0) is 41.8 Å². The molecule has 0 aliphatic heterocycles. The van der Waals surface area contributed by atoms with E-state index in [1.54, 1.807) is 24.3 Å². The number of hydrogen-bond acceptors (Lipinski definition) is 1. The molecule has 0 radical (unpaired) electrons. The van der Waals surface area contributed by atoms with Crippen molar-refractivity contribution in [1.82, 2.24) is 5.32 Å². The monoisotopic (exact) mass is 281 g/mol. The summed E-state index contributed by atoms with van der Waals surface area (Å²) in [7, 11) is 0. The Hall–Kier alpha value is -1.55. The fraction of sp³-hybridized carbons (Fsp3) is 0.375. The van der Waals surface area contributed by atoms with Crippen molar-refractivity contribution in [3.8, 4) is 0 Å². The molecule has 0 aliphatic rings. The van der Waals surface area contributed by atoms with Crippen LogP contribution in [0, 0.1) is 6.92 Å². The predicted octanol–water partition coefficient (Wildman–Crippen LogP) is 4.75. The Labute approximate surface area is 116 Å². The highest BCUT2D eigenvalue weighted by atomic mass is 19.4. The first-order valence-corrected chi connectivity index (χ1v) is 6.73. The molecular formula is C16H18F3N. The Morgan fingerprint density at radius 2 is 1.70 bits per heavy atom. The van der Waals surface area contributed by atoms with E-state index >= 15 is 0 Å². The second-order valence-corrected chi connectivity index (χ2v) is 4.95. The summed E-state index contributed by atoms with van der Waals surface area (Å²) < 4.78 is 39.9. The van der Waals surface area contributed by atoms with E-state index in [2.05, 4.69) is 5.32 Å². The van der Waals surface area contributed by atoms with Crippen molar-refractivity contribution in [3.05, 3.63) is 47.5 Å². The van der Waals surface area contributed by atoms with Crippen molar-refractivity contribution in [1.29, 1.82) is 0 Å². The zero-order valence-corrected chi connectivity index (χ0v) is 11.6. The van der Waals surface area contributed by atoms with Gasteiger partial charge in [0.1, 0.15) is 6.04 Å². The lowest BCUT2D eigenvalue weighted by atomic mass is 9.95. The number of alkyl halides is 3. The summed E-state index contributed by atoms with van der Waals surface area (Å²) in [4.78, 5) is 0. The minimum Gasteiger partial charge on any atom is -0.302 e. The minimum atomic E-state index is -4.30. The molecule has 108 valence electrons. The highest BCUT2D eigenvalue weighted by Crippen LogP contribution is 2.36.